The van der Waals surface area contributed by atoms with Crippen molar-refractivity contribution in [2.75, 3.05) is 6.61 Å². The molecule has 1 heterocycles. The van der Waals surface area contributed by atoms with Gasteiger partial charge in [0.2, 0.25) is 5.56 Å². The first kappa shape index (κ1) is 16.2. The van der Waals surface area contributed by atoms with Gasteiger partial charge in [0.25, 0.3) is 0 Å². The molecule has 124 valence electrons. The Hall–Kier alpha value is -2.62. The molecule has 4 nitrogen and oxygen atoms in total. The topological polar surface area (TPSA) is 59.2 Å². The van der Waals surface area contributed by atoms with Crippen molar-refractivity contribution in [3.63, 3.8) is 0 Å². The zero-order valence-corrected chi connectivity index (χ0v) is 13.8. The highest BCUT2D eigenvalue weighted by atomic mass is 16.5. The molecular formula is C20H21NO3. The first-order valence-corrected chi connectivity index (χ1v) is 8.40. The lowest BCUT2D eigenvalue weighted by atomic mass is 9.89. The van der Waals surface area contributed by atoms with Gasteiger partial charge in [-0.05, 0) is 49.3 Å². The van der Waals surface area contributed by atoms with Crippen LogP contribution in [0.4, 0.5) is 0 Å². The van der Waals surface area contributed by atoms with Crippen LogP contribution in [0, 0.1) is 0 Å². The smallest absolute Gasteiger partial charge is 0.340 e. The lowest BCUT2D eigenvalue weighted by Gasteiger charge is -2.18. The third kappa shape index (κ3) is 3.32. The van der Waals surface area contributed by atoms with Gasteiger partial charge in [-0.3, -0.25) is 4.79 Å². The SMILES string of the molecule is CCOC(=O)c1c(C2=CCCCC2)cc(=O)[nH]c1-c1ccccc1. The molecule has 0 bridgehead atoms. The van der Waals surface area contributed by atoms with Crippen molar-refractivity contribution >= 4 is 11.5 Å². The number of hydrogen-bond donors (Lipinski definition) is 1. The average Bonchev–Trinajstić information content (AvgIpc) is 2.62. The average molecular weight is 323 g/mol. The van der Waals surface area contributed by atoms with Gasteiger partial charge in [-0.15, -0.1) is 0 Å². The highest BCUT2D eigenvalue weighted by Crippen LogP contribution is 2.32. The van der Waals surface area contributed by atoms with E-state index in [-0.39, 0.29) is 5.56 Å². The van der Waals surface area contributed by atoms with E-state index in [0.717, 1.165) is 36.8 Å². The fourth-order valence-electron chi connectivity index (χ4n) is 3.13. The van der Waals surface area contributed by atoms with Gasteiger partial charge in [-0.2, -0.15) is 0 Å². The summed E-state index contributed by atoms with van der Waals surface area (Å²) in [6, 6.07) is 11.0. The number of esters is 1. The van der Waals surface area contributed by atoms with Gasteiger partial charge in [-0.1, -0.05) is 36.4 Å². The predicted octanol–water partition coefficient (Wildman–Crippen LogP) is 4.18. The second-order valence-corrected chi connectivity index (χ2v) is 5.86. The zero-order chi connectivity index (χ0) is 16.9. The predicted molar refractivity (Wildman–Crippen MR) is 94.9 cm³/mol. The van der Waals surface area contributed by atoms with Crippen LogP contribution in [0.15, 0.2) is 47.3 Å². The van der Waals surface area contributed by atoms with E-state index < -0.39 is 5.97 Å². The summed E-state index contributed by atoms with van der Waals surface area (Å²) < 4.78 is 5.27. The Morgan fingerprint density at radius 3 is 2.67 bits per heavy atom. The van der Waals surface area contributed by atoms with Crippen LogP contribution >= 0.6 is 0 Å². The van der Waals surface area contributed by atoms with E-state index in [2.05, 4.69) is 11.1 Å². The van der Waals surface area contributed by atoms with Crippen LogP contribution in [-0.4, -0.2) is 17.6 Å². The molecule has 1 aromatic carbocycles. The van der Waals surface area contributed by atoms with Gasteiger partial charge in [0.05, 0.1) is 17.9 Å². The summed E-state index contributed by atoms with van der Waals surface area (Å²) in [5, 5.41) is 0. The van der Waals surface area contributed by atoms with E-state index in [1.807, 2.05) is 30.3 Å². The van der Waals surface area contributed by atoms with Crippen LogP contribution in [0.1, 0.15) is 48.5 Å². The molecule has 4 heteroatoms. The minimum Gasteiger partial charge on any atom is -0.462 e. The first-order chi connectivity index (χ1) is 11.7. The third-order valence-electron chi connectivity index (χ3n) is 4.22. The Kier molecular flexibility index (Phi) is 4.94. The molecule has 0 saturated heterocycles. The number of ether oxygens (including phenoxy) is 1. The molecule has 0 fully saturated rings. The molecule has 0 amide bonds. The Morgan fingerprint density at radius 1 is 1.21 bits per heavy atom. The van der Waals surface area contributed by atoms with E-state index >= 15 is 0 Å². The molecule has 1 aliphatic rings. The number of allylic oxidation sites excluding steroid dienone is 2. The van der Waals surface area contributed by atoms with Crippen molar-refractivity contribution in [3.8, 4) is 11.3 Å². The molecule has 1 N–H and O–H groups in total. The maximum atomic E-state index is 12.6. The molecule has 0 radical (unpaired) electrons. The number of nitrogens with one attached hydrogen (secondary N) is 1. The Bertz CT molecular complexity index is 819. The number of H-pyrrole nitrogens is 1. The number of aromatic nitrogens is 1. The van der Waals surface area contributed by atoms with Crippen molar-refractivity contribution in [2.45, 2.75) is 32.6 Å². The van der Waals surface area contributed by atoms with Crippen LogP contribution in [0.5, 0.6) is 0 Å². The first-order valence-electron chi connectivity index (χ1n) is 8.40. The molecule has 1 aliphatic carbocycles. The van der Waals surface area contributed by atoms with Crippen LogP contribution in [-0.2, 0) is 4.74 Å². The fourth-order valence-corrected chi connectivity index (χ4v) is 3.13. The normalized spacial score (nSPS) is 14.1. The van der Waals surface area contributed by atoms with Crippen molar-refractivity contribution in [2.24, 2.45) is 0 Å². The highest BCUT2D eigenvalue weighted by Gasteiger charge is 2.23. The molecule has 2 aromatic rings. The van der Waals surface area contributed by atoms with E-state index in [1.54, 1.807) is 6.92 Å². The lowest BCUT2D eigenvalue weighted by Crippen LogP contribution is -2.17. The fraction of sp³-hybridized carbons (Fsp3) is 0.300. The molecule has 3 rings (SSSR count). The third-order valence-corrected chi connectivity index (χ3v) is 4.22. The maximum absolute atomic E-state index is 12.6. The van der Waals surface area contributed by atoms with Gasteiger partial charge in [0.15, 0.2) is 0 Å². The monoisotopic (exact) mass is 323 g/mol. The molecule has 1 aromatic heterocycles. The quantitative estimate of drug-likeness (QED) is 0.859. The minimum atomic E-state index is -0.394. The van der Waals surface area contributed by atoms with E-state index in [9.17, 15) is 9.59 Å². The van der Waals surface area contributed by atoms with E-state index in [4.69, 9.17) is 4.74 Å². The summed E-state index contributed by atoms with van der Waals surface area (Å²) in [7, 11) is 0. The summed E-state index contributed by atoms with van der Waals surface area (Å²) in [5.74, 6) is -0.394. The van der Waals surface area contributed by atoms with E-state index in [1.165, 1.54) is 6.07 Å². The number of carbonyl (C=O) groups excluding carboxylic acids is 1. The standard InChI is InChI=1S/C20H21NO3/c1-2-24-20(23)18-16(14-9-5-3-6-10-14)13-17(22)21-19(18)15-11-7-4-8-12-15/h4,7-9,11-13H,2-3,5-6,10H2,1H3,(H,21,22). The number of pyridine rings is 1. The summed E-state index contributed by atoms with van der Waals surface area (Å²) >= 11 is 0. The number of rotatable bonds is 4. The molecule has 0 aliphatic heterocycles. The molecule has 24 heavy (non-hydrogen) atoms. The summed E-state index contributed by atoms with van der Waals surface area (Å²) in [4.78, 5) is 27.7. The van der Waals surface area contributed by atoms with Crippen LogP contribution in [0.2, 0.25) is 0 Å². The number of hydrogen-bond acceptors (Lipinski definition) is 3. The Labute approximate surface area is 141 Å². The zero-order valence-electron chi connectivity index (χ0n) is 13.8. The number of carbonyl (C=O) groups is 1. The van der Waals surface area contributed by atoms with Crippen molar-refractivity contribution in [1.82, 2.24) is 4.98 Å². The Morgan fingerprint density at radius 2 is 2.00 bits per heavy atom. The second-order valence-electron chi connectivity index (χ2n) is 5.86. The maximum Gasteiger partial charge on any atom is 0.340 e. The highest BCUT2D eigenvalue weighted by molar-refractivity contribution is 6.01. The van der Waals surface area contributed by atoms with Gasteiger partial charge in [0.1, 0.15) is 0 Å². The van der Waals surface area contributed by atoms with Crippen LogP contribution < -0.4 is 5.56 Å². The second kappa shape index (κ2) is 7.30. The molecule has 0 spiro atoms. The van der Waals surface area contributed by atoms with Crippen molar-refractivity contribution in [1.29, 1.82) is 0 Å². The minimum absolute atomic E-state index is 0.205. The summed E-state index contributed by atoms with van der Waals surface area (Å²) in [5.41, 5.74) is 3.35. The van der Waals surface area contributed by atoms with Gasteiger partial charge >= 0.3 is 5.97 Å². The molecule has 0 unspecified atom stereocenters. The molecular weight excluding hydrogens is 302 g/mol. The van der Waals surface area contributed by atoms with Crippen molar-refractivity contribution < 1.29 is 9.53 Å². The lowest BCUT2D eigenvalue weighted by molar-refractivity contribution is 0.0526. The van der Waals surface area contributed by atoms with Gasteiger partial charge < -0.3 is 9.72 Å². The summed E-state index contributed by atoms with van der Waals surface area (Å²) in [6.07, 6.45) is 6.21. The molecule has 0 atom stereocenters. The molecule has 0 saturated carbocycles. The number of benzene rings is 1. The van der Waals surface area contributed by atoms with Gasteiger partial charge in [0, 0.05) is 6.07 Å². The van der Waals surface area contributed by atoms with Crippen molar-refractivity contribution in [3.05, 3.63) is 64.0 Å². The number of aromatic amines is 1. The summed E-state index contributed by atoms with van der Waals surface area (Å²) in [6.45, 7) is 2.08. The van der Waals surface area contributed by atoms with Crippen LogP contribution in [0.3, 0.4) is 0 Å². The van der Waals surface area contributed by atoms with E-state index in [0.29, 0.717) is 23.4 Å². The Balaban J connectivity index is 2.24. The van der Waals surface area contributed by atoms with Crippen LogP contribution in [0.25, 0.3) is 16.8 Å². The largest absolute Gasteiger partial charge is 0.462 e. The van der Waals surface area contributed by atoms with Gasteiger partial charge in [-0.25, -0.2) is 4.79 Å².